The smallest absolute Gasteiger partial charge is 0.259 e. The molecular weight excluding hydrogens is 582 g/mol. The summed E-state index contributed by atoms with van der Waals surface area (Å²) in [5.41, 5.74) is 1.84. The molecule has 0 unspecified atom stereocenters. The van der Waals surface area contributed by atoms with E-state index >= 15 is 0 Å². The summed E-state index contributed by atoms with van der Waals surface area (Å²) in [6.07, 6.45) is 0.730. The van der Waals surface area contributed by atoms with E-state index in [1.807, 2.05) is 6.07 Å². The van der Waals surface area contributed by atoms with Crippen LogP contribution >= 0.6 is 0 Å². The van der Waals surface area contributed by atoms with Crippen LogP contribution in [0.15, 0.2) is 101 Å². The normalized spacial score (nSPS) is 16.7. The number of para-hydroxylation sites is 1. The molecule has 6 rings (SSSR count). The number of rotatable bonds is 8. The summed E-state index contributed by atoms with van der Waals surface area (Å²) in [5.74, 6) is -1.40. The van der Waals surface area contributed by atoms with Gasteiger partial charge in [0.1, 0.15) is 11.6 Å². The number of carbonyl (C=O) groups is 2. The van der Waals surface area contributed by atoms with Gasteiger partial charge >= 0.3 is 0 Å². The molecule has 0 aromatic heterocycles. The van der Waals surface area contributed by atoms with Gasteiger partial charge in [-0.25, -0.2) is 13.0 Å². The third-order valence-corrected chi connectivity index (χ3v) is 9.56. The van der Waals surface area contributed by atoms with Crippen molar-refractivity contribution in [3.63, 3.8) is 0 Å². The minimum Gasteiger partial charge on any atom is -0.367 e. The Labute approximate surface area is 257 Å². The molecule has 0 radical (unpaired) electrons. The van der Waals surface area contributed by atoms with Crippen LogP contribution in [0.2, 0.25) is 0 Å². The van der Waals surface area contributed by atoms with Crippen molar-refractivity contribution in [1.29, 1.82) is 0 Å². The highest BCUT2D eigenvalue weighted by molar-refractivity contribution is 7.85. The number of piperazine rings is 1. The van der Waals surface area contributed by atoms with E-state index in [0.29, 0.717) is 38.8 Å². The number of benzene rings is 4. The van der Waals surface area contributed by atoms with Gasteiger partial charge in [0.2, 0.25) is 0 Å². The lowest BCUT2D eigenvalue weighted by Gasteiger charge is -2.36. The lowest BCUT2D eigenvalue weighted by atomic mass is 10.1. The van der Waals surface area contributed by atoms with Crippen molar-refractivity contribution in [2.24, 2.45) is 0 Å². The van der Waals surface area contributed by atoms with E-state index in [9.17, 15) is 22.6 Å². The second kappa shape index (κ2) is 13.1. The van der Waals surface area contributed by atoms with Gasteiger partial charge in [-0.15, -0.1) is 0 Å². The van der Waals surface area contributed by atoms with Gasteiger partial charge in [-0.3, -0.25) is 14.5 Å². The molecule has 7 nitrogen and oxygen atoms in total. The molecule has 0 bridgehead atoms. The van der Waals surface area contributed by atoms with Crippen LogP contribution in [0, 0.1) is 11.6 Å². The number of nitrogens with zero attached hydrogens (tertiary/aromatic N) is 3. The molecular formula is C34H32F2N4O3S. The molecule has 1 atom stereocenters. The average molecular weight is 615 g/mol. The van der Waals surface area contributed by atoms with Gasteiger partial charge in [-0.05, 0) is 61.5 Å². The Morgan fingerprint density at radius 2 is 1.50 bits per heavy atom. The predicted molar refractivity (Wildman–Crippen MR) is 166 cm³/mol. The van der Waals surface area contributed by atoms with Crippen molar-refractivity contribution in [2.45, 2.75) is 22.8 Å². The van der Waals surface area contributed by atoms with Crippen LogP contribution in [0.1, 0.15) is 32.7 Å². The molecule has 0 aliphatic carbocycles. The van der Waals surface area contributed by atoms with Crippen LogP contribution in [0.25, 0.3) is 0 Å². The summed E-state index contributed by atoms with van der Waals surface area (Å²) in [7, 11) is -1.68. The van der Waals surface area contributed by atoms with Crippen molar-refractivity contribution < 1.29 is 22.6 Å². The van der Waals surface area contributed by atoms with E-state index in [-0.39, 0.29) is 23.8 Å². The number of halogens is 2. The van der Waals surface area contributed by atoms with Gasteiger partial charge in [0.15, 0.2) is 0 Å². The van der Waals surface area contributed by atoms with E-state index < -0.39 is 22.5 Å². The van der Waals surface area contributed by atoms with E-state index in [2.05, 4.69) is 15.1 Å². The van der Waals surface area contributed by atoms with Crippen molar-refractivity contribution >= 4 is 34.0 Å². The summed E-state index contributed by atoms with van der Waals surface area (Å²) in [6.45, 7) is 4.22. The average Bonchev–Trinajstić information content (AvgIpc) is 3.13. The Kier molecular flexibility index (Phi) is 8.81. The SMILES string of the molecule is O=C(NCCCN1CCN(c2ccccc2F)CC1)c1ccc2c(c1)N(Cc1ccccc1F)C(=O)c1ccccc1[S@]2=O. The predicted octanol–water partition coefficient (Wildman–Crippen LogP) is 5.23. The number of fused-ring (bicyclic) bond motifs is 2. The second-order valence-corrected chi connectivity index (χ2v) is 12.2. The highest BCUT2D eigenvalue weighted by atomic mass is 32.2. The van der Waals surface area contributed by atoms with E-state index in [4.69, 9.17) is 0 Å². The molecule has 2 heterocycles. The fraction of sp³-hybridized carbons (Fsp3) is 0.235. The van der Waals surface area contributed by atoms with Gasteiger partial charge in [0, 0.05) is 43.9 Å². The van der Waals surface area contributed by atoms with Gasteiger partial charge in [0.05, 0.1) is 44.1 Å². The summed E-state index contributed by atoms with van der Waals surface area (Å²) in [5, 5.41) is 2.95. The third kappa shape index (κ3) is 6.13. The minimum absolute atomic E-state index is 0.0840. The highest BCUT2D eigenvalue weighted by Crippen LogP contribution is 2.36. The Morgan fingerprint density at radius 3 is 2.27 bits per heavy atom. The summed E-state index contributed by atoms with van der Waals surface area (Å²) < 4.78 is 42.4. The Balaban J connectivity index is 1.13. The molecule has 4 aromatic carbocycles. The molecule has 10 heteroatoms. The van der Waals surface area contributed by atoms with Gasteiger partial charge in [-0.1, -0.05) is 42.5 Å². The largest absolute Gasteiger partial charge is 0.367 e. The molecule has 2 amide bonds. The van der Waals surface area contributed by atoms with Crippen molar-refractivity contribution in [3.05, 3.63) is 119 Å². The fourth-order valence-electron chi connectivity index (χ4n) is 5.69. The maximum atomic E-state index is 14.7. The second-order valence-electron chi connectivity index (χ2n) is 10.8. The van der Waals surface area contributed by atoms with Crippen LogP contribution in [0.5, 0.6) is 0 Å². The number of hydrogen-bond donors (Lipinski definition) is 1. The van der Waals surface area contributed by atoms with Crippen molar-refractivity contribution in [1.82, 2.24) is 10.2 Å². The van der Waals surface area contributed by atoms with Crippen LogP contribution in [0.4, 0.5) is 20.2 Å². The molecule has 0 saturated carbocycles. The van der Waals surface area contributed by atoms with Crippen molar-refractivity contribution in [3.8, 4) is 0 Å². The molecule has 4 aromatic rings. The summed E-state index contributed by atoms with van der Waals surface area (Å²) >= 11 is 0. The van der Waals surface area contributed by atoms with Crippen LogP contribution in [0.3, 0.4) is 0 Å². The zero-order chi connectivity index (χ0) is 30.6. The maximum Gasteiger partial charge on any atom is 0.259 e. The molecule has 1 saturated heterocycles. The Morgan fingerprint density at radius 1 is 0.795 bits per heavy atom. The van der Waals surface area contributed by atoms with Crippen LogP contribution in [-0.2, 0) is 17.3 Å². The Bertz CT molecular complexity index is 1720. The van der Waals surface area contributed by atoms with Crippen LogP contribution < -0.4 is 15.1 Å². The maximum absolute atomic E-state index is 14.7. The zero-order valence-electron chi connectivity index (χ0n) is 24.0. The zero-order valence-corrected chi connectivity index (χ0v) is 24.9. The van der Waals surface area contributed by atoms with Crippen molar-refractivity contribution in [2.75, 3.05) is 49.1 Å². The first-order valence-corrected chi connectivity index (χ1v) is 15.8. The van der Waals surface area contributed by atoms with Gasteiger partial charge < -0.3 is 15.1 Å². The molecule has 0 spiro atoms. The monoisotopic (exact) mass is 614 g/mol. The fourth-order valence-corrected chi connectivity index (χ4v) is 7.03. The van der Waals surface area contributed by atoms with Gasteiger partial charge in [0.25, 0.3) is 11.8 Å². The first-order chi connectivity index (χ1) is 21.4. The van der Waals surface area contributed by atoms with E-state index in [0.717, 1.165) is 39.1 Å². The number of amides is 2. The first-order valence-electron chi connectivity index (χ1n) is 14.6. The molecule has 2 aliphatic rings. The molecule has 2 aliphatic heterocycles. The van der Waals surface area contributed by atoms with Crippen LogP contribution in [-0.4, -0.2) is 60.2 Å². The number of nitrogens with one attached hydrogen (secondary N) is 1. The quantitative estimate of drug-likeness (QED) is 0.275. The number of carbonyl (C=O) groups excluding carboxylic acids is 2. The summed E-state index contributed by atoms with van der Waals surface area (Å²) in [6, 6.07) is 24.5. The molecule has 1 fully saturated rings. The lowest BCUT2D eigenvalue weighted by molar-refractivity contribution is 0.0947. The Hall–Kier alpha value is -4.41. The summed E-state index contributed by atoms with van der Waals surface area (Å²) in [4.78, 5) is 33.5. The number of anilines is 2. The van der Waals surface area contributed by atoms with E-state index in [1.165, 1.54) is 17.0 Å². The minimum atomic E-state index is -1.68. The molecule has 1 N–H and O–H groups in total. The lowest BCUT2D eigenvalue weighted by Crippen LogP contribution is -2.47. The standard InChI is InChI=1S/C34H32F2N4O3S/c35-27-10-3-1-8-25(27)23-40-30-22-24(14-15-32(30)44(43)31-13-6-2-9-26(31)34(40)42)33(41)37-16-7-17-38-18-20-39(21-19-38)29-12-5-4-11-28(29)36/h1-6,8-15,22H,7,16-21,23H2,(H,37,41)/t44-/m1/s1. The number of hydrogen-bond acceptors (Lipinski definition) is 5. The third-order valence-electron chi connectivity index (χ3n) is 8.06. The highest BCUT2D eigenvalue weighted by Gasteiger charge is 2.32. The first kappa shape index (κ1) is 29.7. The molecule has 44 heavy (non-hydrogen) atoms. The molecule has 226 valence electrons. The van der Waals surface area contributed by atoms with Gasteiger partial charge in [-0.2, -0.15) is 0 Å². The topological polar surface area (TPSA) is 73.0 Å². The van der Waals surface area contributed by atoms with E-state index in [1.54, 1.807) is 72.8 Å².